The molecule has 4 nitrogen and oxygen atoms in total. The fourth-order valence-electron chi connectivity index (χ4n) is 10.1. The van der Waals surface area contributed by atoms with Crippen LogP contribution in [0.4, 0.5) is 0 Å². The maximum atomic E-state index is 12.5. The molecule has 478 valence electrons. The van der Waals surface area contributed by atoms with Crippen LogP contribution in [0.15, 0.2) is 158 Å². The van der Waals surface area contributed by atoms with Crippen LogP contribution in [-0.2, 0) is 4.79 Å². The van der Waals surface area contributed by atoms with Crippen LogP contribution in [-0.4, -0.2) is 34.9 Å². The van der Waals surface area contributed by atoms with Crippen LogP contribution in [0.1, 0.15) is 322 Å². The summed E-state index contributed by atoms with van der Waals surface area (Å²) in [5.41, 5.74) is 0. The molecule has 0 saturated carbocycles. The lowest BCUT2D eigenvalue weighted by molar-refractivity contribution is -0.123. The number of aliphatic hydroxyl groups is 2. The number of hydrogen-bond donors (Lipinski definition) is 3. The Morgan fingerprint density at radius 1 is 0.298 bits per heavy atom. The van der Waals surface area contributed by atoms with Crippen molar-refractivity contribution in [1.29, 1.82) is 0 Å². The fraction of sp³-hybridized carbons (Fsp3) is 0.662. The highest BCUT2D eigenvalue weighted by molar-refractivity contribution is 5.76. The molecule has 0 aromatic carbocycles. The Kier molecular flexibility index (Phi) is 69.8. The molecule has 1 amide bonds. The van der Waals surface area contributed by atoms with Gasteiger partial charge in [-0.1, -0.05) is 358 Å². The predicted molar refractivity (Wildman–Crippen MR) is 377 cm³/mol. The van der Waals surface area contributed by atoms with Gasteiger partial charge in [0, 0.05) is 6.42 Å². The lowest BCUT2D eigenvalue weighted by Gasteiger charge is -2.19. The van der Waals surface area contributed by atoms with Crippen molar-refractivity contribution in [2.24, 2.45) is 0 Å². The van der Waals surface area contributed by atoms with Crippen LogP contribution in [0.25, 0.3) is 0 Å². The number of amides is 1. The molecular weight excluding hydrogens is 1020 g/mol. The summed E-state index contributed by atoms with van der Waals surface area (Å²) in [4.78, 5) is 12.5. The van der Waals surface area contributed by atoms with Crippen molar-refractivity contribution in [3.05, 3.63) is 158 Å². The summed E-state index contributed by atoms with van der Waals surface area (Å²) in [7, 11) is 0. The predicted octanol–water partition coefficient (Wildman–Crippen LogP) is 24.8. The Morgan fingerprint density at radius 3 is 0.833 bits per heavy atom. The zero-order chi connectivity index (χ0) is 60.5. The highest BCUT2D eigenvalue weighted by Crippen LogP contribution is 2.17. The molecule has 3 N–H and O–H groups in total. The first kappa shape index (κ1) is 80.0. The maximum Gasteiger partial charge on any atom is 0.220 e. The molecule has 2 unspecified atom stereocenters. The van der Waals surface area contributed by atoms with E-state index in [-0.39, 0.29) is 12.5 Å². The van der Waals surface area contributed by atoms with Gasteiger partial charge in [-0.25, -0.2) is 0 Å². The number of hydrogen-bond acceptors (Lipinski definition) is 3. The molecule has 0 radical (unpaired) electrons. The molecule has 4 heteroatoms. The van der Waals surface area contributed by atoms with E-state index in [0.717, 1.165) is 116 Å². The summed E-state index contributed by atoms with van der Waals surface area (Å²) < 4.78 is 0. The van der Waals surface area contributed by atoms with Gasteiger partial charge in [-0.3, -0.25) is 4.79 Å². The molecule has 2 atom stereocenters. The van der Waals surface area contributed by atoms with E-state index >= 15 is 0 Å². The van der Waals surface area contributed by atoms with E-state index in [9.17, 15) is 15.0 Å². The Bertz CT molecular complexity index is 1750. The Labute approximate surface area is 522 Å². The van der Waals surface area contributed by atoms with Crippen molar-refractivity contribution < 1.29 is 15.0 Å². The number of carbonyl (C=O) groups excluding carboxylic acids is 1. The van der Waals surface area contributed by atoms with Gasteiger partial charge in [0.1, 0.15) is 0 Å². The van der Waals surface area contributed by atoms with Crippen molar-refractivity contribution in [3.8, 4) is 0 Å². The van der Waals surface area contributed by atoms with Crippen LogP contribution in [0.2, 0.25) is 0 Å². The van der Waals surface area contributed by atoms with Crippen LogP contribution >= 0.6 is 0 Å². The van der Waals surface area contributed by atoms with E-state index in [4.69, 9.17) is 0 Å². The largest absolute Gasteiger partial charge is 0.394 e. The summed E-state index contributed by atoms with van der Waals surface area (Å²) in [6.45, 7) is 4.19. The third-order valence-electron chi connectivity index (χ3n) is 15.5. The average Bonchev–Trinajstić information content (AvgIpc) is 3.51. The van der Waals surface area contributed by atoms with Crippen molar-refractivity contribution in [1.82, 2.24) is 5.32 Å². The van der Waals surface area contributed by atoms with Crippen molar-refractivity contribution in [3.63, 3.8) is 0 Å². The smallest absolute Gasteiger partial charge is 0.220 e. The van der Waals surface area contributed by atoms with Crippen molar-refractivity contribution >= 4 is 5.91 Å². The summed E-state index contributed by atoms with van der Waals surface area (Å²) in [5.74, 6) is -0.0960. The lowest BCUT2D eigenvalue weighted by Crippen LogP contribution is -2.45. The van der Waals surface area contributed by atoms with Crippen LogP contribution < -0.4 is 5.32 Å². The third-order valence-corrected chi connectivity index (χ3v) is 15.5. The monoisotopic (exact) mass is 1160 g/mol. The summed E-state index contributed by atoms with van der Waals surface area (Å²) in [6.07, 6.45) is 116. The second-order valence-corrected chi connectivity index (χ2v) is 23.6. The summed E-state index contributed by atoms with van der Waals surface area (Å²) >= 11 is 0. The molecule has 0 bridgehead atoms. The first-order valence-corrected chi connectivity index (χ1v) is 35.7. The maximum absolute atomic E-state index is 12.5. The molecule has 0 fully saturated rings. The van der Waals surface area contributed by atoms with Gasteiger partial charge in [0.05, 0.1) is 18.8 Å². The Balaban J connectivity index is 3.63. The van der Waals surface area contributed by atoms with E-state index in [0.29, 0.717) is 6.42 Å². The minimum Gasteiger partial charge on any atom is -0.394 e. The first-order valence-electron chi connectivity index (χ1n) is 35.7. The zero-order valence-corrected chi connectivity index (χ0v) is 55.1. The van der Waals surface area contributed by atoms with Gasteiger partial charge in [-0.05, 0) is 116 Å². The summed E-state index contributed by atoms with van der Waals surface area (Å²) in [6, 6.07) is -0.664. The lowest BCUT2D eigenvalue weighted by atomic mass is 10.0. The molecule has 0 rings (SSSR count). The van der Waals surface area contributed by atoms with E-state index < -0.39 is 12.1 Å². The normalized spacial score (nSPS) is 13.7. The minimum absolute atomic E-state index is 0.0960. The minimum atomic E-state index is -0.885. The van der Waals surface area contributed by atoms with E-state index in [1.165, 1.54) is 186 Å². The molecule has 0 aliphatic carbocycles. The molecule has 0 saturated heterocycles. The van der Waals surface area contributed by atoms with E-state index in [2.05, 4.69) is 165 Å². The quantitative estimate of drug-likeness (QED) is 0.0420. The zero-order valence-electron chi connectivity index (χ0n) is 55.1. The molecule has 0 aliphatic rings. The highest BCUT2D eigenvalue weighted by atomic mass is 16.3. The standard InChI is InChI=1S/C80H135NO3/c1-3-5-7-9-11-13-15-17-19-21-23-25-27-29-31-33-35-37-38-39-40-41-42-44-46-48-50-52-54-56-58-60-62-64-66-68-70-72-74-76-80(84)81-78(77-82)79(83)75-73-71-69-67-65-63-61-59-57-55-53-51-49-47-45-43-36-34-32-30-28-26-24-22-20-18-16-14-12-10-8-6-4-2/h5,7,11,13,17,19,23,25,29,31,35,37,39-40,42,44,48,50,54,56,60,62,65,67,73,75,78-79,82-83H,3-4,6,8-10,12,14-16,18,20-22,24,26-28,30,32-34,36,38,41,43,45-47,49,51-53,55,57-59,61,63-64,66,68-72,74,76-77H2,1-2H3,(H,81,84)/b7-5-,13-11-,19-17-,25-23-,31-29-,37-35-,40-39-,44-42-,50-48-,56-54-,62-60-,67-65+,75-73+. The third kappa shape index (κ3) is 68.8. The van der Waals surface area contributed by atoms with Gasteiger partial charge < -0.3 is 15.5 Å². The molecule has 0 aliphatic heterocycles. The number of aliphatic hydroxyl groups excluding tert-OH is 2. The van der Waals surface area contributed by atoms with Gasteiger partial charge in [0.15, 0.2) is 0 Å². The van der Waals surface area contributed by atoms with Crippen molar-refractivity contribution in [2.45, 2.75) is 334 Å². The Hall–Kier alpha value is -3.99. The summed E-state index contributed by atoms with van der Waals surface area (Å²) in [5, 5.41) is 23.3. The van der Waals surface area contributed by atoms with Gasteiger partial charge in [0.2, 0.25) is 5.91 Å². The first-order chi connectivity index (χ1) is 41.7. The molecule has 0 heterocycles. The number of allylic oxidation sites excluding steroid dienone is 25. The van der Waals surface area contributed by atoms with Crippen LogP contribution in [0.3, 0.4) is 0 Å². The van der Waals surface area contributed by atoms with Gasteiger partial charge in [0.25, 0.3) is 0 Å². The van der Waals surface area contributed by atoms with Gasteiger partial charge in [-0.2, -0.15) is 0 Å². The van der Waals surface area contributed by atoms with Gasteiger partial charge >= 0.3 is 0 Å². The average molecular weight is 1160 g/mol. The second kappa shape index (κ2) is 73.3. The molecule has 84 heavy (non-hydrogen) atoms. The number of rotatable bonds is 64. The van der Waals surface area contributed by atoms with Crippen LogP contribution in [0.5, 0.6) is 0 Å². The second-order valence-electron chi connectivity index (χ2n) is 23.6. The number of nitrogens with one attached hydrogen (secondary N) is 1. The van der Waals surface area contributed by atoms with Crippen molar-refractivity contribution in [2.75, 3.05) is 6.61 Å². The molecule has 0 aromatic heterocycles. The molecule has 0 aromatic rings. The van der Waals surface area contributed by atoms with E-state index in [1.54, 1.807) is 6.08 Å². The van der Waals surface area contributed by atoms with Crippen LogP contribution in [0, 0.1) is 0 Å². The number of carbonyl (C=O) groups is 1. The highest BCUT2D eigenvalue weighted by Gasteiger charge is 2.18. The van der Waals surface area contributed by atoms with E-state index in [1.807, 2.05) is 6.08 Å². The molecular formula is C80H135NO3. The topological polar surface area (TPSA) is 69.6 Å². The van der Waals surface area contributed by atoms with Gasteiger partial charge in [-0.15, -0.1) is 0 Å². The number of unbranched alkanes of at least 4 members (excludes halogenated alkanes) is 33. The molecule has 0 spiro atoms. The fourth-order valence-corrected chi connectivity index (χ4v) is 10.1. The Morgan fingerprint density at radius 2 is 0.536 bits per heavy atom. The SMILES string of the molecule is CC/C=C\C/C=C\C/C=C\C/C=C\C/C=C\C/C=C\C/C=C\C/C=C\C/C=C\C/C=C\C/C=C\CCCCCCCC(=O)NC(CO)C(O)/C=C/CC/C=C/CCCCCCCCCCCCCCCCCCCCCCCCCCCCC.